The summed E-state index contributed by atoms with van der Waals surface area (Å²) in [4.78, 5) is 13.1. The van der Waals surface area contributed by atoms with Crippen molar-refractivity contribution in [2.45, 2.75) is 6.42 Å². The molecule has 0 fully saturated rings. The van der Waals surface area contributed by atoms with Gasteiger partial charge < -0.3 is 15.4 Å². The van der Waals surface area contributed by atoms with Crippen molar-refractivity contribution in [3.05, 3.63) is 96.7 Å². The highest BCUT2D eigenvalue weighted by Gasteiger charge is 2.19. The standard InChI is InChI=1S/C26H26N4O2/c1-32-23-15-8-10-20(18-23)25-24(19-30(29-25)22-13-6-3-7-14-22)26(31)28-17-9-16-27-21-11-4-2-5-12-21/h2-8,10-15,18-19,27H,9,16-17H2,1H3,(H,28,31). The molecule has 0 atom stereocenters. The van der Waals surface area contributed by atoms with E-state index in [2.05, 4.69) is 10.6 Å². The Morgan fingerprint density at radius 3 is 2.44 bits per heavy atom. The van der Waals surface area contributed by atoms with E-state index in [9.17, 15) is 4.79 Å². The number of carbonyl (C=O) groups is 1. The molecule has 0 spiro atoms. The summed E-state index contributed by atoms with van der Waals surface area (Å²) in [6.45, 7) is 1.34. The van der Waals surface area contributed by atoms with Crippen LogP contribution in [0.2, 0.25) is 0 Å². The maximum absolute atomic E-state index is 13.1. The first kappa shape index (κ1) is 21.2. The average molecular weight is 427 g/mol. The number of nitrogens with one attached hydrogen (secondary N) is 2. The lowest BCUT2D eigenvalue weighted by atomic mass is 10.1. The smallest absolute Gasteiger partial charge is 0.255 e. The number of hydrogen-bond donors (Lipinski definition) is 2. The zero-order valence-electron chi connectivity index (χ0n) is 18.0. The number of rotatable bonds is 9. The van der Waals surface area contributed by atoms with Crippen molar-refractivity contribution in [3.63, 3.8) is 0 Å². The largest absolute Gasteiger partial charge is 0.497 e. The summed E-state index contributed by atoms with van der Waals surface area (Å²) >= 11 is 0. The Morgan fingerprint density at radius 1 is 0.938 bits per heavy atom. The summed E-state index contributed by atoms with van der Waals surface area (Å²) in [5, 5.41) is 11.1. The molecule has 0 radical (unpaired) electrons. The van der Waals surface area contributed by atoms with Crippen molar-refractivity contribution in [1.29, 1.82) is 0 Å². The number of para-hydroxylation sites is 2. The Morgan fingerprint density at radius 2 is 1.69 bits per heavy atom. The van der Waals surface area contributed by atoms with Gasteiger partial charge in [0.1, 0.15) is 11.4 Å². The first-order chi connectivity index (χ1) is 15.7. The van der Waals surface area contributed by atoms with Crippen LogP contribution in [0.25, 0.3) is 16.9 Å². The van der Waals surface area contributed by atoms with E-state index in [4.69, 9.17) is 9.84 Å². The van der Waals surface area contributed by atoms with Crippen LogP contribution in [0.3, 0.4) is 0 Å². The number of methoxy groups -OCH3 is 1. The molecule has 6 heteroatoms. The lowest BCUT2D eigenvalue weighted by Crippen LogP contribution is -2.26. The average Bonchev–Trinajstić information content (AvgIpc) is 3.31. The van der Waals surface area contributed by atoms with Gasteiger partial charge in [0.05, 0.1) is 18.4 Å². The van der Waals surface area contributed by atoms with Crippen LogP contribution >= 0.6 is 0 Å². The van der Waals surface area contributed by atoms with Crippen LogP contribution in [0.5, 0.6) is 5.75 Å². The summed E-state index contributed by atoms with van der Waals surface area (Å²) < 4.78 is 7.09. The van der Waals surface area contributed by atoms with Gasteiger partial charge in [0.15, 0.2) is 0 Å². The molecule has 2 N–H and O–H groups in total. The van der Waals surface area contributed by atoms with E-state index in [0.717, 1.165) is 35.7 Å². The monoisotopic (exact) mass is 426 g/mol. The first-order valence-corrected chi connectivity index (χ1v) is 10.6. The zero-order valence-corrected chi connectivity index (χ0v) is 18.0. The molecule has 0 aliphatic rings. The van der Waals surface area contributed by atoms with Crippen LogP contribution in [-0.4, -0.2) is 35.9 Å². The maximum Gasteiger partial charge on any atom is 0.255 e. The van der Waals surface area contributed by atoms with Crippen molar-refractivity contribution in [2.75, 3.05) is 25.5 Å². The topological polar surface area (TPSA) is 68.2 Å². The lowest BCUT2D eigenvalue weighted by molar-refractivity contribution is 0.0954. The van der Waals surface area contributed by atoms with Gasteiger partial charge in [0, 0.05) is 30.5 Å². The molecule has 1 heterocycles. The number of nitrogens with zero attached hydrogens (tertiary/aromatic N) is 2. The van der Waals surface area contributed by atoms with Crippen LogP contribution in [0.1, 0.15) is 16.8 Å². The molecule has 1 amide bonds. The van der Waals surface area contributed by atoms with Gasteiger partial charge in [-0.3, -0.25) is 4.79 Å². The SMILES string of the molecule is COc1cccc(-c2nn(-c3ccccc3)cc2C(=O)NCCCNc2ccccc2)c1. The van der Waals surface area contributed by atoms with E-state index in [-0.39, 0.29) is 5.91 Å². The molecule has 0 unspecified atom stereocenters. The van der Waals surface area contributed by atoms with Crippen molar-refractivity contribution in [1.82, 2.24) is 15.1 Å². The molecule has 0 saturated carbocycles. The predicted octanol–water partition coefficient (Wildman–Crippen LogP) is 4.78. The fourth-order valence-corrected chi connectivity index (χ4v) is 3.41. The molecule has 0 aliphatic heterocycles. The van der Waals surface area contributed by atoms with Crippen molar-refractivity contribution >= 4 is 11.6 Å². The summed E-state index contributed by atoms with van der Waals surface area (Å²) in [6.07, 6.45) is 2.59. The minimum atomic E-state index is -0.148. The molecule has 0 saturated heterocycles. The van der Waals surface area contributed by atoms with Crippen LogP contribution in [-0.2, 0) is 0 Å². The number of ether oxygens (including phenoxy) is 1. The van der Waals surface area contributed by atoms with Crippen molar-refractivity contribution in [3.8, 4) is 22.7 Å². The van der Waals surface area contributed by atoms with E-state index in [1.807, 2.05) is 84.9 Å². The highest BCUT2D eigenvalue weighted by molar-refractivity contribution is 6.00. The van der Waals surface area contributed by atoms with Gasteiger partial charge >= 0.3 is 0 Å². The maximum atomic E-state index is 13.1. The Kier molecular flexibility index (Phi) is 6.82. The molecule has 3 aromatic carbocycles. The minimum Gasteiger partial charge on any atom is -0.497 e. The number of carbonyl (C=O) groups excluding carboxylic acids is 1. The van der Waals surface area contributed by atoms with E-state index < -0.39 is 0 Å². The predicted molar refractivity (Wildman–Crippen MR) is 127 cm³/mol. The fraction of sp³-hybridized carbons (Fsp3) is 0.154. The third-order valence-electron chi connectivity index (χ3n) is 5.06. The molecule has 4 rings (SSSR count). The second kappa shape index (κ2) is 10.3. The Labute approximate surface area is 187 Å². The van der Waals surface area contributed by atoms with Crippen LogP contribution < -0.4 is 15.4 Å². The second-order valence-corrected chi connectivity index (χ2v) is 7.31. The van der Waals surface area contributed by atoms with Crippen LogP contribution in [0.4, 0.5) is 5.69 Å². The second-order valence-electron chi connectivity index (χ2n) is 7.31. The van der Waals surface area contributed by atoms with E-state index in [1.165, 1.54) is 0 Å². The van der Waals surface area contributed by atoms with Crippen molar-refractivity contribution in [2.24, 2.45) is 0 Å². The van der Waals surface area contributed by atoms with Gasteiger partial charge in [0.2, 0.25) is 0 Å². The van der Waals surface area contributed by atoms with Gasteiger partial charge in [-0.05, 0) is 42.8 Å². The molecule has 32 heavy (non-hydrogen) atoms. The van der Waals surface area contributed by atoms with Gasteiger partial charge in [-0.15, -0.1) is 0 Å². The summed E-state index contributed by atoms with van der Waals surface area (Å²) in [5.41, 5.74) is 3.94. The Hall–Kier alpha value is -4.06. The number of aromatic nitrogens is 2. The Bertz CT molecular complexity index is 1160. The van der Waals surface area contributed by atoms with Crippen LogP contribution in [0, 0.1) is 0 Å². The number of hydrogen-bond acceptors (Lipinski definition) is 4. The normalized spacial score (nSPS) is 10.5. The number of benzene rings is 3. The van der Waals surface area contributed by atoms with Gasteiger partial charge in [-0.25, -0.2) is 4.68 Å². The molecular formula is C26H26N4O2. The molecule has 1 aromatic heterocycles. The summed E-state index contributed by atoms with van der Waals surface area (Å²) in [7, 11) is 1.62. The molecule has 4 aromatic rings. The minimum absolute atomic E-state index is 0.148. The number of anilines is 1. The molecule has 6 nitrogen and oxygen atoms in total. The van der Waals surface area contributed by atoms with Gasteiger partial charge in [-0.2, -0.15) is 5.10 Å². The van der Waals surface area contributed by atoms with E-state index in [1.54, 1.807) is 18.0 Å². The fourth-order valence-electron chi connectivity index (χ4n) is 3.41. The zero-order chi connectivity index (χ0) is 22.2. The van der Waals surface area contributed by atoms with Crippen molar-refractivity contribution < 1.29 is 9.53 Å². The summed E-state index contributed by atoms with van der Waals surface area (Å²) in [5.74, 6) is 0.569. The highest BCUT2D eigenvalue weighted by atomic mass is 16.5. The molecule has 162 valence electrons. The summed E-state index contributed by atoms with van der Waals surface area (Å²) in [6, 6.07) is 27.4. The molecule has 0 aliphatic carbocycles. The first-order valence-electron chi connectivity index (χ1n) is 10.6. The third kappa shape index (κ3) is 5.16. The van der Waals surface area contributed by atoms with Gasteiger partial charge in [0.25, 0.3) is 5.91 Å². The quantitative estimate of drug-likeness (QED) is 0.378. The Balaban J connectivity index is 1.49. The molecular weight excluding hydrogens is 400 g/mol. The molecule has 0 bridgehead atoms. The van der Waals surface area contributed by atoms with Gasteiger partial charge in [-0.1, -0.05) is 48.5 Å². The highest BCUT2D eigenvalue weighted by Crippen LogP contribution is 2.27. The third-order valence-corrected chi connectivity index (χ3v) is 5.06. The number of amides is 1. The van der Waals surface area contributed by atoms with E-state index >= 15 is 0 Å². The lowest BCUT2D eigenvalue weighted by Gasteiger charge is -2.08. The van der Waals surface area contributed by atoms with E-state index in [0.29, 0.717) is 17.8 Å². The van der Waals surface area contributed by atoms with Crippen LogP contribution in [0.15, 0.2) is 91.1 Å².